The van der Waals surface area contributed by atoms with Crippen molar-refractivity contribution in [1.82, 2.24) is 29.9 Å². The average Bonchev–Trinajstić information content (AvgIpc) is 3.36. The number of hydrogen-bond acceptors (Lipinski definition) is 6. The normalized spacial score (nSPS) is 14.1. The van der Waals surface area contributed by atoms with Gasteiger partial charge in [0.1, 0.15) is 17.6 Å². The topological polar surface area (TPSA) is 98.6 Å². The van der Waals surface area contributed by atoms with E-state index in [-0.39, 0.29) is 29.1 Å². The number of ether oxygens (including phenoxy) is 1. The Bertz CT molecular complexity index is 1330. The highest BCUT2D eigenvalue weighted by molar-refractivity contribution is 6.29. The van der Waals surface area contributed by atoms with Gasteiger partial charge >= 0.3 is 12.1 Å². The van der Waals surface area contributed by atoms with Crippen molar-refractivity contribution in [2.24, 2.45) is 0 Å². The molecule has 4 aromatic rings. The molecule has 1 fully saturated rings. The van der Waals surface area contributed by atoms with Crippen molar-refractivity contribution in [1.29, 1.82) is 0 Å². The number of carbonyl (C=O) groups is 1. The molecule has 1 aliphatic carbocycles. The second-order valence-corrected chi connectivity index (χ2v) is 7.71. The summed E-state index contributed by atoms with van der Waals surface area (Å²) < 4.78 is 45.9. The van der Waals surface area contributed by atoms with Gasteiger partial charge in [0.05, 0.1) is 22.5 Å². The van der Waals surface area contributed by atoms with Crippen LogP contribution in [0.15, 0.2) is 36.4 Å². The fourth-order valence-electron chi connectivity index (χ4n) is 3.35. The van der Waals surface area contributed by atoms with Crippen molar-refractivity contribution in [3.05, 3.63) is 64.3 Å². The Labute approximate surface area is 183 Å². The summed E-state index contributed by atoms with van der Waals surface area (Å²) in [6, 6.07) is 8.03. The number of esters is 1. The maximum atomic E-state index is 13.1. The summed E-state index contributed by atoms with van der Waals surface area (Å²) in [6.07, 6.45) is -2.94. The van der Waals surface area contributed by atoms with Crippen molar-refractivity contribution in [2.75, 3.05) is 0 Å². The first-order valence-corrected chi connectivity index (χ1v) is 9.99. The third-order valence-corrected chi connectivity index (χ3v) is 5.19. The van der Waals surface area contributed by atoms with E-state index in [1.54, 1.807) is 12.1 Å². The molecule has 32 heavy (non-hydrogen) atoms. The summed E-state index contributed by atoms with van der Waals surface area (Å²) in [6.45, 7) is -0.173. The van der Waals surface area contributed by atoms with Crippen LogP contribution in [0.25, 0.3) is 16.9 Å². The quantitative estimate of drug-likeness (QED) is 0.347. The molecular weight excluding hydrogens is 449 g/mol. The molecule has 1 saturated carbocycles. The zero-order valence-electron chi connectivity index (χ0n) is 16.2. The average molecular weight is 463 g/mol. The van der Waals surface area contributed by atoms with Gasteiger partial charge in [-0.15, -0.1) is 5.10 Å². The summed E-state index contributed by atoms with van der Waals surface area (Å²) in [5.41, 5.74) is 0.797. The lowest BCUT2D eigenvalue weighted by Crippen LogP contribution is -2.11. The van der Waals surface area contributed by atoms with E-state index in [4.69, 9.17) is 16.3 Å². The van der Waals surface area contributed by atoms with E-state index in [9.17, 15) is 18.0 Å². The molecule has 1 N–H and O–H groups in total. The summed E-state index contributed by atoms with van der Waals surface area (Å²) in [4.78, 5) is 24.0. The van der Waals surface area contributed by atoms with Gasteiger partial charge in [-0.05, 0) is 43.2 Å². The molecule has 0 radical (unpaired) electrons. The minimum Gasteiger partial charge on any atom is -0.453 e. The van der Waals surface area contributed by atoms with Crippen molar-refractivity contribution in [2.45, 2.75) is 31.5 Å². The van der Waals surface area contributed by atoms with Crippen LogP contribution in [0.2, 0.25) is 5.15 Å². The molecule has 0 aliphatic heterocycles. The van der Waals surface area contributed by atoms with Gasteiger partial charge in [-0.25, -0.2) is 19.4 Å². The predicted octanol–water partition coefficient (Wildman–Crippen LogP) is 4.45. The zero-order valence-corrected chi connectivity index (χ0v) is 17.0. The Hall–Kier alpha value is -3.47. The molecule has 12 heteroatoms. The minimum atomic E-state index is -4.50. The van der Waals surface area contributed by atoms with Crippen molar-refractivity contribution < 1.29 is 22.7 Å². The van der Waals surface area contributed by atoms with Gasteiger partial charge in [0.2, 0.25) is 0 Å². The van der Waals surface area contributed by atoms with Gasteiger partial charge in [0, 0.05) is 5.92 Å². The van der Waals surface area contributed by atoms with Crippen LogP contribution in [0, 0.1) is 0 Å². The molecule has 0 amide bonds. The highest BCUT2D eigenvalue weighted by atomic mass is 35.5. The number of benzene rings is 1. The highest BCUT2D eigenvalue weighted by Gasteiger charge is 2.36. The van der Waals surface area contributed by atoms with Crippen LogP contribution >= 0.6 is 11.6 Å². The number of pyridine rings is 1. The van der Waals surface area contributed by atoms with Crippen LogP contribution in [0.4, 0.5) is 13.2 Å². The summed E-state index contributed by atoms with van der Waals surface area (Å²) in [5, 5.41) is 8.14. The Morgan fingerprint density at radius 2 is 2.03 bits per heavy atom. The molecule has 0 spiro atoms. The monoisotopic (exact) mass is 462 g/mol. The fraction of sp³-hybridized carbons (Fsp3) is 0.250. The summed E-state index contributed by atoms with van der Waals surface area (Å²) >= 11 is 5.85. The molecule has 0 atom stereocenters. The number of imidazole rings is 1. The molecule has 3 heterocycles. The van der Waals surface area contributed by atoms with Crippen LogP contribution < -0.4 is 0 Å². The number of aromatic amines is 1. The number of halogens is 4. The third kappa shape index (κ3) is 3.91. The number of alkyl halides is 3. The molecule has 8 nitrogen and oxygen atoms in total. The second kappa shape index (κ2) is 7.59. The van der Waals surface area contributed by atoms with Gasteiger partial charge in [0.25, 0.3) is 0 Å². The molecular formula is C20H14ClF3N6O2. The highest BCUT2D eigenvalue weighted by Crippen LogP contribution is 2.42. The molecule has 0 unspecified atom stereocenters. The van der Waals surface area contributed by atoms with E-state index in [0.717, 1.165) is 25.0 Å². The molecule has 1 aromatic carbocycles. The smallest absolute Gasteiger partial charge is 0.416 e. The van der Waals surface area contributed by atoms with E-state index in [2.05, 4.69) is 25.3 Å². The van der Waals surface area contributed by atoms with Crippen LogP contribution in [0.1, 0.15) is 46.3 Å². The largest absolute Gasteiger partial charge is 0.453 e. The van der Waals surface area contributed by atoms with E-state index >= 15 is 0 Å². The molecule has 164 valence electrons. The second-order valence-electron chi connectivity index (χ2n) is 7.32. The van der Waals surface area contributed by atoms with Crippen molar-refractivity contribution in [3.63, 3.8) is 0 Å². The zero-order chi connectivity index (χ0) is 22.5. The van der Waals surface area contributed by atoms with Crippen LogP contribution in [-0.2, 0) is 17.5 Å². The van der Waals surface area contributed by atoms with Gasteiger partial charge in [-0.1, -0.05) is 22.9 Å². The Balaban J connectivity index is 1.40. The lowest BCUT2D eigenvalue weighted by Gasteiger charge is -2.10. The Morgan fingerprint density at radius 3 is 2.78 bits per heavy atom. The van der Waals surface area contributed by atoms with Gasteiger partial charge in [0.15, 0.2) is 11.3 Å². The van der Waals surface area contributed by atoms with E-state index < -0.39 is 17.7 Å². The number of nitrogens with zero attached hydrogens (tertiary/aromatic N) is 5. The van der Waals surface area contributed by atoms with Gasteiger partial charge in [-0.2, -0.15) is 13.2 Å². The first-order valence-electron chi connectivity index (χ1n) is 9.61. The van der Waals surface area contributed by atoms with Crippen molar-refractivity contribution in [3.8, 4) is 5.69 Å². The lowest BCUT2D eigenvalue weighted by atomic mass is 10.1. The number of rotatable bonds is 5. The maximum Gasteiger partial charge on any atom is 0.416 e. The predicted molar refractivity (Wildman–Crippen MR) is 106 cm³/mol. The van der Waals surface area contributed by atoms with Crippen LogP contribution in [-0.4, -0.2) is 35.9 Å². The number of aromatic nitrogens is 6. The SMILES string of the molecule is O=C(OCc1nc2nc(Cl)ccc2[nH]1)c1nnn(-c2cccc(C(F)(F)F)c2)c1C1CC1. The molecule has 5 rings (SSSR count). The number of hydrogen-bond donors (Lipinski definition) is 1. The minimum absolute atomic E-state index is 0.0257. The number of fused-ring (bicyclic) bond motifs is 1. The maximum absolute atomic E-state index is 13.1. The van der Waals surface area contributed by atoms with E-state index in [0.29, 0.717) is 22.7 Å². The Kier molecular flexibility index (Phi) is 4.85. The van der Waals surface area contributed by atoms with Crippen LogP contribution in [0.5, 0.6) is 0 Å². The van der Waals surface area contributed by atoms with Gasteiger partial charge < -0.3 is 9.72 Å². The standard InChI is InChI=1S/C20H14ClF3N6O2/c21-14-7-6-13-18(26-14)27-15(25-13)9-32-19(31)16-17(10-4-5-10)30(29-28-16)12-3-1-2-11(8-12)20(22,23)24/h1-3,6-8,10H,4-5,9H2,(H,25,26,27). The molecule has 0 bridgehead atoms. The summed E-state index contributed by atoms with van der Waals surface area (Å²) in [5.74, 6) is -0.405. The van der Waals surface area contributed by atoms with E-state index in [1.165, 1.54) is 16.8 Å². The first kappa shape index (κ1) is 20.4. The molecule has 1 aliphatic rings. The van der Waals surface area contributed by atoms with Gasteiger partial charge in [-0.3, -0.25) is 0 Å². The Morgan fingerprint density at radius 1 is 1.22 bits per heavy atom. The number of nitrogens with one attached hydrogen (secondary N) is 1. The third-order valence-electron chi connectivity index (χ3n) is 4.98. The van der Waals surface area contributed by atoms with Crippen molar-refractivity contribution >= 4 is 28.7 Å². The van der Waals surface area contributed by atoms with E-state index in [1.807, 2.05) is 0 Å². The lowest BCUT2D eigenvalue weighted by molar-refractivity contribution is -0.137. The van der Waals surface area contributed by atoms with Crippen LogP contribution in [0.3, 0.4) is 0 Å². The molecule has 0 saturated heterocycles. The number of carbonyl (C=O) groups excluding carboxylic acids is 1. The number of H-pyrrole nitrogens is 1. The first-order chi connectivity index (χ1) is 15.3. The fourth-order valence-corrected chi connectivity index (χ4v) is 3.50. The molecule has 3 aromatic heterocycles. The summed E-state index contributed by atoms with van der Waals surface area (Å²) in [7, 11) is 0.